The molecule has 344 valence electrons. The van der Waals surface area contributed by atoms with Gasteiger partial charge in [0, 0.05) is 37.7 Å². The zero-order valence-electron chi connectivity index (χ0n) is 36.9. The van der Waals surface area contributed by atoms with Gasteiger partial charge >= 0.3 is 17.9 Å². The number of carbonyl (C=O) groups is 3. The van der Waals surface area contributed by atoms with Crippen LogP contribution in [0.15, 0.2) is 91.0 Å². The number of nitriles is 3. The predicted octanol–water partition coefficient (Wildman–Crippen LogP) is 11.7. The number of thiocarbonyl (C=S) groups is 3. The Hall–Kier alpha value is -3.91. The molecule has 10 nitrogen and oxygen atoms in total. The first-order valence-corrected chi connectivity index (χ1v) is 27.0. The van der Waals surface area contributed by atoms with Gasteiger partial charge in [0.15, 0.2) is 0 Å². The second kappa shape index (κ2) is 28.3. The van der Waals surface area contributed by atoms with Crippen LogP contribution in [0, 0.1) is 34.0 Å². The van der Waals surface area contributed by atoms with E-state index in [1.54, 1.807) is 20.8 Å². The third kappa shape index (κ3) is 21.1. The number of hydrogen-bond acceptors (Lipinski definition) is 16. The van der Waals surface area contributed by atoms with Crippen LogP contribution >= 0.6 is 79.1 Å². The first-order valence-electron chi connectivity index (χ1n) is 21.1. The first kappa shape index (κ1) is 55.4. The van der Waals surface area contributed by atoms with Crippen molar-refractivity contribution < 1.29 is 33.2 Å². The molecule has 3 atom stereocenters. The van der Waals surface area contributed by atoms with Crippen LogP contribution < -0.4 is 0 Å². The van der Waals surface area contributed by atoms with E-state index in [0.29, 0.717) is 31.9 Å². The maximum Gasteiger partial charge on any atom is 0.305 e. The van der Waals surface area contributed by atoms with Crippen molar-refractivity contribution in [3.8, 4) is 18.2 Å². The Bertz CT molecular complexity index is 2020. The Balaban J connectivity index is 1.50. The molecule has 17 heteroatoms. The van der Waals surface area contributed by atoms with E-state index < -0.39 is 39.3 Å². The van der Waals surface area contributed by atoms with Crippen LogP contribution in [0.5, 0.6) is 0 Å². The smallest absolute Gasteiger partial charge is 0.305 e. The minimum absolute atomic E-state index is 0.000673. The van der Waals surface area contributed by atoms with E-state index in [2.05, 4.69) is 18.2 Å². The van der Waals surface area contributed by atoms with Gasteiger partial charge in [-0.15, -0.1) is 0 Å². The molecule has 3 aromatic carbocycles. The molecule has 3 unspecified atom stereocenters. The average Bonchev–Trinajstić information content (AvgIpc) is 3.32. The van der Waals surface area contributed by atoms with Gasteiger partial charge in [0.2, 0.25) is 0 Å². The standard InChI is InChI=1S/C48H54N3O7PS6/c1-46(34-49,63-43(60)37-16-7-4-8-17-37)25-22-40(52)56-28-13-31-59(55,32-14-29-57-41(53)23-26-47(2,35-50)64-44(61)38-18-9-5-10-19-38)33-15-30-58-42(54)24-27-48(3,36-51)65-45(62)39-20-11-6-12-21-39/h4-12,16-21H,13-15,22-33H2,1-3H3. The van der Waals surface area contributed by atoms with Crippen LogP contribution in [-0.2, 0) is 33.2 Å². The third-order valence-corrected chi connectivity index (χ3v) is 18.4. The van der Waals surface area contributed by atoms with E-state index in [1.165, 1.54) is 35.3 Å². The monoisotopic (exact) mass is 1010 g/mol. The van der Waals surface area contributed by atoms with Gasteiger partial charge in [0.05, 0.1) is 57.8 Å². The number of benzene rings is 3. The van der Waals surface area contributed by atoms with Gasteiger partial charge in [-0.2, -0.15) is 15.8 Å². The fraction of sp³-hybridized carbons (Fsp3) is 0.438. The molecule has 0 heterocycles. The highest BCUT2D eigenvalue weighted by Gasteiger charge is 2.31. The van der Waals surface area contributed by atoms with Crippen LogP contribution in [0.1, 0.15) is 95.2 Å². The largest absolute Gasteiger partial charge is 0.466 e. The summed E-state index contributed by atoms with van der Waals surface area (Å²) in [6.45, 7) is 5.29. The highest BCUT2D eigenvalue weighted by atomic mass is 32.2. The summed E-state index contributed by atoms with van der Waals surface area (Å²) >= 11 is 20.3. The summed E-state index contributed by atoms with van der Waals surface area (Å²) < 4.78 is 29.6. The molecule has 0 spiro atoms. The number of nitrogens with zero attached hydrogens (tertiary/aromatic N) is 3. The second-order valence-corrected chi connectivity index (χ2v) is 25.7. The highest BCUT2D eigenvalue weighted by Crippen LogP contribution is 2.47. The normalized spacial score (nSPS) is 14.5. The molecule has 0 amide bonds. The molecule has 0 saturated carbocycles. The average molecular weight is 1010 g/mol. The minimum Gasteiger partial charge on any atom is -0.466 e. The van der Waals surface area contributed by atoms with Gasteiger partial charge in [0.25, 0.3) is 0 Å². The second-order valence-electron chi connectivity index (χ2n) is 15.7. The van der Waals surface area contributed by atoms with Gasteiger partial charge in [-0.25, -0.2) is 0 Å². The molecule has 0 aromatic heterocycles. The molecular weight excluding hydrogens is 954 g/mol. The van der Waals surface area contributed by atoms with Crippen molar-refractivity contribution in [2.24, 2.45) is 0 Å². The predicted molar refractivity (Wildman–Crippen MR) is 276 cm³/mol. The van der Waals surface area contributed by atoms with Crippen molar-refractivity contribution in [3.63, 3.8) is 0 Å². The van der Waals surface area contributed by atoms with E-state index in [1.807, 2.05) is 91.0 Å². The molecule has 0 radical (unpaired) electrons. The molecule has 3 rings (SSSR count). The van der Waals surface area contributed by atoms with Gasteiger partial charge in [0.1, 0.15) is 14.2 Å². The Morgan fingerprint density at radius 2 is 0.754 bits per heavy atom. The number of ether oxygens (including phenoxy) is 3. The van der Waals surface area contributed by atoms with Crippen LogP contribution in [0.4, 0.5) is 0 Å². The van der Waals surface area contributed by atoms with Gasteiger partial charge < -0.3 is 18.8 Å². The summed E-state index contributed by atoms with van der Waals surface area (Å²) in [6.07, 6.45) is 2.36. The van der Waals surface area contributed by atoms with Crippen LogP contribution in [-0.4, -0.2) is 83.0 Å². The molecule has 0 fully saturated rings. The summed E-state index contributed by atoms with van der Waals surface area (Å²) in [6, 6.07) is 34.9. The van der Waals surface area contributed by atoms with E-state index in [9.17, 15) is 34.7 Å². The van der Waals surface area contributed by atoms with Crippen LogP contribution in [0.25, 0.3) is 0 Å². The van der Waals surface area contributed by atoms with Crippen molar-refractivity contribution in [2.45, 2.75) is 92.8 Å². The zero-order chi connectivity index (χ0) is 47.8. The Labute approximate surface area is 412 Å². The summed E-state index contributed by atoms with van der Waals surface area (Å²) in [7, 11) is -2.93. The van der Waals surface area contributed by atoms with Crippen molar-refractivity contribution in [1.82, 2.24) is 0 Å². The van der Waals surface area contributed by atoms with Gasteiger partial charge in [-0.05, 0) is 76.0 Å². The molecule has 0 bridgehead atoms. The summed E-state index contributed by atoms with van der Waals surface area (Å²) in [4.78, 5) is 38.2. The number of carbonyl (C=O) groups excluding carboxylic acids is 3. The Morgan fingerprint density at radius 3 is 0.985 bits per heavy atom. The number of esters is 3. The number of thioether (sulfide) groups is 3. The lowest BCUT2D eigenvalue weighted by Crippen LogP contribution is -2.22. The molecule has 0 N–H and O–H groups in total. The fourth-order valence-electron chi connectivity index (χ4n) is 6.09. The quantitative estimate of drug-likeness (QED) is 0.0232. The van der Waals surface area contributed by atoms with Crippen molar-refractivity contribution in [3.05, 3.63) is 108 Å². The van der Waals surface area contributed by atoms with E-state index >= 15 is 0 Å². The molecular formula is C48H54N3O7PS6. The Kier molecular flexibility index (Phi) is 24.1. The molecule has 3 aromatic rings. The molecule has 0 aliphatic carbocycles. The zero-order valence-corrected chi connectivity index (χ0v) is 42.7. The van der Waals surface area contributed by atoms with Crippen molar-refractivity contribution in [1.29, 1.82) is 15.8 Å². The van der Waals surface area contributed by atoms with Crippen molar-refractivity contribution in [2.75, 3.05) is 38.3 Å². The summed E-state index contributed by atoms with van der Waals surface area (Å²) in [5, 5.41) is 29.7. The SMILES string of the molecule is CC(C#N)(CCC(=O)OCCCP(=O)(CCCOC(=O)CCC(C)(C#N)SC(=S)c1ccccc1)CCCOC(=O)CCC(C)(C#N)SC(=S)c1ccccc1)SC(=S)c1ccccc1. The summed E-state index contributed by atoms with van der Waals surface area (Å²) in [5.74, 6) is -1.44. The first-order chi connectivity index (χ1) is 31.0. The Morgan fingerprint density at radius 1 is 0.508 bits per heavy atom. The lowest BCUT2D eigenvalue weighted by Gasteiger charge is -2.21. The van der Waals surface area contributed by atoms with E-state index in [0.717, 1.165) is 16.7 Å². The lowest BCUT2D eigenvalue weighted by molar-refractivity contribution is -0.144. The van der Waals surface area contributed by atoms with Crippen LogP contribution in [0.2, 0.25) is 0 Å². The molecule has 0 aliphatic heterocycles. The fourth-order valence-corrected chi connectivity index (χ4v) is 13.7. The van der Waals surface area contributed by atoms with Crippen LogP contribution in [0.3, 0.4) is 0 Å². The third-order valence-electron chi connectivity index (χ3n) is 10.0. The molecule has 0 saturated heterocycles. The highest BCUT2D eigenvalue weighted by molar-refractivity contribution is 8.25. The lowest BCUT2D eigenvalue weighted by atomic mass is 10.1. The van der Waals surface area contributed by atoms with E-state index in [4.69, 9.17) is 50.9 Å². The molecule has 65 heavy (non-hydrogen) atoms. The minimum atomic E-state index is -2.93. The summed E-state index contributed by atoms with van der Waals surface area (Å²) in [5.41, 5.74) is 2.48. The van der Waals surface area contributed by atoms with E-state index in [-0.39, 0.29) is 76.8 Å². The maximum atomic E-state index is 14.3. The van der Waals surface area contributed by atoms with Gasteiger partial charge in [-0.1, -0.05) is 163 Å². The number of hydrogen-bond donors (Lipinski definition) is 0. The van der Waals surface area contributed by atoms with Gasteiger partial charge in [-0.3, -0.25) is 14.4 Å². The van der Waals surface area contributed by atoms with Crippen molar-refractivity contribution >= 4 is 110 Å². The molecule has 0 aliphatic rings. The number of rotatable bonds is 27. The topological polar surface area (TPSA) is 167 Å². The maximum absolute atomic E-state index is 14.3.